The lowest BCUT2D eigenvalue weighted by atomic mass is 9.93. The quantitative estimate of drug-likeness (QED) is 0.748. The highest BCUT2D eigenvalue weighted by Crippen LogP contribution is 2.37. The third-order valence-corrected chi connectivity index (χ3v) is 7.11. The highest BCUT2D eigenvalue weighted by atomic mass is 35.5. The Hall–Kier alpha value is -2.05. The predicted octanol–water partition coefficient (Wildman–Crippen LogP) is 4.91. The van der Waals surface area contributed by atoms with E-state index in [1.54, 1.807) is 11.3 Å². The van der Waals surface area contributed by atoms with E-state index in [1.807, 2.05) is 6.34 Å². The number of aryl methyl sites for hydroxylation is 1. The number of nitrogens with zero attached hydrogens (tertiary/aromatic N) is 4. The van der Waals surface area contributed by atoms with Gasteiger partial charge in [-0.2, -0.15) is 5.10 Å². The summed E-state index contributed by atoms with van der Waals surface area (Å²) >= 11 is 8.00. The van der Waals surface area contributed by atoms with Gasteiger partial charge in [-0.25, -0.2) is 9.99 Å². The SMILES string of the molecule is Cc1nc(C2=CCC(N3N=CN4C3=CNC3=C(CCC(Cl)=C3)C4C)CC2)cs1. The van der Waals surface area contributed by atoms with Crippen LogP contribution in [0.2, 0.25) is 0 Å². The van der Waals surface area contributed by atoms with Gasteiger partial charge in [0.25, 0.3) is 0 Å². The van der Waals surface area contributed by atoms with Crippen molar-refractivity contribution >= 4 is 34.8 Å². The lowest BCUT2D eigenvalue weighted by Gasteiger charge is -2.33. The first-order chi connectivity index (χ1) is 13.6. The van der Waals surface area contributed by atoms with Crippen molar-refractivity contribution in [3.63, 3.8) is 0 Å². The molecular formula is C21H24ClN5S. The molecular weight excluding hydrogens is 390 g/mol. The molecule has 2 aliphatic heterocycles. The van der Waals surface area contributed by atoms with E-state index in [9.17, 15) is 0 Å². The largest absolute Gasteiger partial charge is 0.358 e. The first-order valence-corrected chi connectivity index (χ1v) is 11.1. The third-order valence-electron chi connectivity index (χ3n) is 6.04. The average Bonchev–Trinajstić information content (AvgIpc) is 3.29. The highest BCUT2D eigenvalue weighted by Gasteiger charge is 2.35. The van der Waals surface area contributed by atoms with Gasteiger partial charge in [0.05, 0.1) is 22.8 Å². The van der Waals surface area contributed by atoms with Crippen molar-refractivity contribution in [1.82, 2.24) is 20.2 Å². The Bertz CT molecular complexity index is 954. The molecule has 7 heteroatoms. The van der Waals surface area contributed by atoms with Gasteiger partial charge in [-0.05, 0) is 63.2 Å². The Morgan fingerprint density at radius 1 is 1.29 bits per heavy atom. The number of hydrogen-bond donors (Lipinski definition) is 1. The zero-order chi connectivity index (χ0) is 19.3. The van der Waals surface area contributed by atoms with Crippen molar-refractivity contribution < 1.29 is 0 Å². The summed E-state index contributed by atoms with van der Waals surface area (Å²) in [5.74, 6) is 1.12. The maximum atomic E-state index is 6.28. The van der Waals surface area contributed by atoms with E-state index in [0.29, 0.717) is 6.04 Å². The lowest BCUT2D eigenvalue weighted by Crippen LogP contribution is -2.37. The van der Waals surface area contributed by atoms with E-state index >= 15 is 0 Å². The lowest BCUT2D eigenvalue weighted by molar-refractivity contribution is 0.218. The van der Waals surface area contributed by atoms with Crippen molar-refractivity contribution in [3.05, 3.63) is 56.6 Å². The molecule has 5 nitrogen and oxygen atoms in total. The number of rotatable bonds is 2. The first-order valence-electron chi connectivity index (χ1n) is 9.89. The van der Waals surface area contributed by atoms with Crippen LogP contribution in [0.25, 0.3) is 5.57 Å². The molecule has 1 aromatic heterocycles. The first kappa shape index (κ1) is 18.0. The Balaban J connectivity index is 1.35. The van der Waals surface area contributed by atoms with Crippen molar-refractivity contribution in [2.24, 2.45) is 5.10 Å². The number of allylic oxidation sites excluding steroid dienone is 3. The van der Waals surface area contributed by atoms with E-state index < -0.39 is 0 Å². The van der Waals surface area contributed by atoms with Crippen molar-refractivity contribution in [3.8, 4) is 0 Å². The molecule has 0 radical (unpaired) electrons. The minimum Gasteiger partial charge on any atom is -0.358 e. The third kappa shape index (κ3) is 3.08. The number of halogens is 1. The summed E-state index contributed by atoms with van der Waals surface area (Å²) in [5, 5.41) is 14.7. The smallest absolute Gasteiger partial charge is 0.147 e. The van der Waals surface area contributed by atoms with Crippen LogP contribution in [0, 0.1) is 6.92 Å². The number of thiazole rings is 1. The topological polar surface area (TPSA) is 43.8 Å². The van der Waals surface area contributed by atoms with Gasteiger partial charge >= 0.3 is 0 Å². The van der Waals surface area contributed by atoms with Gasteiger partial charge in [0.15, 0.2) is 0 Å². The van der Waals surface area contributed by atoms with Gasteiger partial charge in [-0.3, -0.25) is 0 Å². The Morgan fingerprint density at radius 3 is 2.93 bits per heavy atom. The van der Waals surface area contributed by atoms with Crippen LogP contribution in [-0.4, -0.2) is 33.3 Å². The van der Waals surface area contributed by atoms with Gasteiger partial charge in [0, 0.05) is 22.3 Å². The molecule has 28 heavy (non-hydrogen) atoms. The molecule has 1 N–H and O–H groups in total. The van der Waals surface area contributed by atoms with Crippen LogP contribution >= 0.6 is 22.9 Å². The number of fused-ring (bicyclic) bond motifs is 1. The van der Waals surface area contributed by atoms with E-state index in [0.717, 1.165) is 59.4 Å². The summed E-state index contributed by atoms with van der Waals surface area (Å²) in [6.45, 7) is 4.32. The normalized spacial score (nSPS) is 26.9. The molecule has 1 aromatic rings. The summed E-state index contributed by atoms with van der Waals surface area (Å²) in [5.41, 5.74) is 5.06. The molecule has 146 valence electrons. The monoisotopic (exact) mass is 413 g/mol. The minimum atomic E-state index is 0.277. The molecule has 0 aromatic carbocycles. The molecule has 2 unspecified atom stereocenters. The van der Waals surface area contributed by atoms with Gasteiger partial charge in [0.1, 0.15) is 12.2 Å². The number of hydrazone groups is 1. The van der Waals surface area contributed by atoms with Crippen LogP contribution in [0.3, 0.4) is 0 Å². The van der Waals surface area contributed by atoms with E-state index in [2.05, 4.69) is 57.8 Å². The summed E-state index contributed by atoms with van der Waals surface area (Å²) in [6, 6.07) is 0.651. The Labute approximate surface area is 174 Å². The van der Waals surface area contributed by atoms with E-state index in [-0.39, 0.29) is 6.04 Å². The van der Waals surface area contributed by atoms with Gasteiger partial charge < -0.3 is 10.2 Å². The van der Waals surface area contributed by atoms with Crippen LogP contribution in [-0.2, 0) is 0 Å². The van der Waals surface area contributed by atoms with Gasteiger partial charge in [-0.1, -0.05) is 17.7 Å². The summed E-state index contributed by atoms with van der Waals surface area (Å²) in [4.78, 5) is 6.93. The molecule has 0 fully saturated rings. The van der Waals surface area contributed by atoms with Crippen molar-refractivity contribution in [2.75, 3.05) is 0 Å². The van der Waals surface area contributed by atoms with E-state index in [4.69, 9.17) is 16.7 Å². The molecule has 2 aliphatic carbocycles. The zero-order valence-corrected chi connectivity index (χ0v) is 17.7. The molecule has 0 spiro atoms. The highest BCUT2D eigenvalue weighted by molar-refractivity contribution is 7.09. The fraction of sp³-hybridized carbons (Fsp3) is 0.429. The number of aromatic nitrogens is 1. The molecule has 0 saturated heterocycles. The number of hydrogen-bond acceptors (Lipinski definition) is 6. The van der Waals surface area contributed by atoms with Crippen molar-refractivity contribution in [2.45, 2.75) is 58.0 Å². The summed E-state index contributed by atoms with van der Waals surface area (Å²) < 4.78 is 0. The maximum absolute atomic E-state index is 6.28. The molecule has 0 bridgehead atoms. The Morgan fingerprint density at radius 2 is 2.18 bits per heavy atom. The second-order valence-electron chi connectivity index (χ2n) is 7.75. The number of nitrogens with one attached hydrogen (secondary N) is 1. The Kier molecular flexibility index (Phi) is 4.56. The molecule has 0 saturated carbocycles. The average molecular weight is 414 g/mol. The fourth-order valence-electron chi connectivity index (χ4n) is 4.44. The maximum Gasteiger partial charge on any atom is 0.147 e. The molecule has 5 rings (SSSR count). The summed E-state index contributed by atoms with van der Waals surface area (Å²) in [7, 11) is 0. The van der Waals surface area contributed by atoms with Crippen LogP contribution < -0.4 is 5.32 Å². The van der Waals surface area contributed by atoms with Crippen LogP contribution in [0.1, 0.15) is 49.7 Å². The zero-order valence-electron chi connectivity index (χ0n) is 16.2. The standard InChI is InChI=1S/C21H24ClN5S/c1-13-18-8-5-16(22)9-19(18)23-10-21-26(13)12-24-27(21)17-6-3-15(4-7-17)20-11-28-14(2)25-20/h3,9-13,17,23H,4-8H2,1-2H3. The fourth-order valence-corrected chi connectivity index (χ4v) is 5.28. The van der Waals surface area contributed by atoms with Crippen molar-refractivity contribution in [1.29, 1.82) is 0 Å². The van der Waals surface area contributed by atoms with Gasteiger partial charge in [-0.15, -0.1) is 11.3 Å². The minimum absolute atomic E-state index is 0.277. The van der Waals surface area contributed by atoms with Crippen LogP contribution in [0.15, 0.2) is 51.0 Å². The van der Waals surface area contributed by atoms with E-state index in [1.165, 1.54) is 11.1 Å². The van der Waals surface area contributed by atoms with Crippen LogP contribution in [0.5, 0.6) is 0 Å². The second-order valence-corrected chi connectivity index (χ2v) is 9.29. The second kappa shape index (κ2) is 7.08. The van der Waals surface area contributed by atoms with Gasteiger partial charge in [0.2, 0.25) is 0 Å². The predicted molar refractivity (Wildman–Crippen MR) is 116 cm³/mol. The molecule has 4 aliphatic rings. The molecule has 0 amide bonds. The summed E-state index contributed by atoms with van der Waals surface area (Å²) in [6.07, 6.45) is 13.5. The molecule has 3 heterocycles. The molecule has 2 atom stereocenters. The van der Waals surface area contributed by atoms with Crippen LogP contribution in [0.4, 0.5) is 0 Å².